The number of aryl methyl sites for hydroxylation is 1. The van der Waals surface area contributed by atoms with Crippen LogP contribution in [-0.4, -0.2) is 40.4 Å². The molecule has 1 aliphatic heterocycles. The summed E-state index contributed by atoms with van der Waals surface area (Å²) in [6.07, 6.45) is 1.58. The first-order chi connectivity index (χ1) is 9.48. The fourth-order valence-electron chi connectivity index (χ4n) is 2.53. The third-order valence-corrected chi connectivity index (χ3v) is 4.94. The van der Waals surface area contributed by atoms with Crippen molar-refractivity contribution in [3.8, 4) is 0 Å². The molecule has 1 heterocycles. The molecule has 4 heteroatoms. The smallest absolute Gasteiger partial charge is 0.239 e. The number of benzene rings is 1. The molecule has 0 unspecified atom stereocenters. The van der Waals surface area contributed by atoms with Crippen LogP contribution >= 0.6 is 11.8 Å². The van der Waals surface area contributed by atoms with Gasteiger partial charge in [0.25, 0.3) is 0 Å². The summed E-state index contributed by atoms with van der Waals surface area (Å²) in [7, 11) is 0. The van der Waals surface area contributed by atoms with Crippen molar-refractivity contribution in [1.82, 2.24) is 4.90 Å². The van der Waals surface area contributed by atoms with Crippen molar-refractivity contribution in [2.45, 2.75) is 37.5 Å². The van der Waals surface area contributed by atoms with Gasteiger partial charge in [0.2, 0.25) is 5.91 Å². The summed E-state index contributed by atoms with van der Waals surface area (Å²) in [5.41, 5.74) is 7.33. The summed E-state index contributed by atoms with van der Waals surface area (Å²) in [5, 5.41) is 0. The third-order valence-electron chi connectivity index (χ3n) is 3.64. The summed E-state index contributed by atoms with van der Waals surface area (Å²) in [6, 6.07) is 9.83. The highest BCUT2D eigenvalue weighted by molar-refractivity contribution is 8.00. The molecule has 0 aliphatic carbocycles. The van der Waals surface area contributed by atoms with Crippen molar-refractivity contribution >= 4 is 17.7 Å². The molecule has 1 saturated heterocycles. The Balaban J connectivity index is 1.85. The van der Waals surface area contributed by atoms with Crippen molar-refractivity contribution in [3.63, 3.8) is 0 Å². The van der Waals surface area contributed by atoms with E-state index in [2.05, 4.69) is 26.0 Å². The minimum absolute atomic E-state index is 0.106. The zero-order valence-electron chi connectivity index (χ0n) is 12.3. The number of rotatable bonds is 4. The Labute approximate surface area is 125 Å². The van der Waals surface area contributed by atoms with E-state index in [4.69, 9.17) is 5.73 Å². The molecule has 1 aromatic rings. The molecule has 2 N–H and O–H groups in total. The van der Waals surface area contributed by atoms with Crippen LogP contribution in [0.25, 0.3) is 0 Å². The number of carbonyl (C=O) groups is 1. The summed E-state index contributed by atoms with van der Waals surface area (Å²) >= 11 is 1.93. The third kappa shape index (κ3) is 4.25. The molecule has 0 radical (unpaired) electrons. The van der Waals surface area contributed by atoms with E-state index in [-0.39, 0.29) is 16.7 Å². The molecule has 1 aromatic carbocycles. The lowest BCUT2D eigenvalue weighted by molar-refractivity contribution is -0.133. The van der Waals surface area contributed by atoms with Crippen LogP contribution in [0.5, 0.6) is 0 Å². The number of nitrogens with zero attached hydrogens (tertiary/aromatic N) is 1. The molecule has 1 amide bonds. The van der Waals surface area contributed by atoms with Crippen molar-refractivity contribution in [3.05, 3.63) is 35.9 Å². The van der Waals surface area contributed by atoms with Gasteiger partial charge < -0.3 is 10.6 Å². The SMILES string of the molecule is CC1(C)CN(C(=O)[C@@H](N)CCc2ccccc2)CCS1. The minimum atomic E-state index is -0.380. The average Bonchev–Trinajstić information content (AvgIpc) is 2.44. The first-order valence-corrected chi connectivity index (χ1v) is 8.19. The summed E-state index contributed by atoms with van der Waals surface area (Å²) in [5.74, 6) is 1.11. The Morgan fingerprint density at radius 2 is 2.10 bits per heavy atom. The normalized spacial score (nSPS) is 19.6. The molecule has 2 rings (SSSR count). The highest BCUT2D eigenvalue weighted by Gasteiger charge is 2.31. The molecule has 20 heavy (non-hydrogen) atoms. The molecule has 0 spiro atoms. The van der Waals surface area contributed by atoms with Gasteiger partial charge in [-0.25, -0.2) is 0 Å². The van der Waals surface area contributed by atoms with Crippen molar-refractivity contribution in [2.24, 2.45) is 5.73 Å². The maximum atomic E-state index is 12.4. The van der Waals surface area contributed by atoms with Crippen LogP contribution < -0.4 is 5.73 Å². The number of thioether (sulfide) groups is 1. The molecule has 1 fully saturated rings. The fourth-order valence-corrected chi connectivity index (χ4v) is 3.64. The topological polar surface area (TPSA) is 46.3 Å². The maximum Gasteiger partial charge on any atom is 0.239 e. The zero-order chi connectivity index (χ0) is 14.6. The Bertz CT molecular complexity index is 447. The zero-order valence-corrected chi connectivity index (χ0v) is 13.2. The summed E-state index contributed by atoms with van der Waals surface area (Å²) in [6.45, 7) is 6.00. The van der Waals surface area contributed by atoms with Gasteiger partial charge in [0.1, 0.15) is 0 Å². The van der Waals surface area contributed by atoms with Gasteiger partial charge in [-0.2, -0.15) is 11.8 Å². The van der Waals surface area contributed by atoms with Gasteiger partial charge in [-0.3, -0.25) is 4.79 Å². The van der Waals surface area contributed by atoms with E-state index in [1.165, 1.54) is 5.56 Å². The number of carbonyl (C=O) groups excluding carboxylic acids is 1. The summed E-state index contributed by atoms with van der Waals surface area (Å²) in [4.78, 5) is 14.3. The first kappa shape index (κ1) is 15.4. The fraction of sp³-hybridized carbons (Fsp3) is 0.562. The van der Waals surface area contributed by atoms with Gasteiger partial charge in [-0.05, 0) is 32.3 Å². The van der Waals surface area contributed by atoms with Crippen LogP contribution in [0.3, 0.4) is 0 Å². The lowest BCUT2D eigenvalue weighted by atomic mass is 10.0. The van der Waals surface area contributed by atoms with Crippen LogP contribution in [0.1, 0.15) is 25.8 Å². The second kappa shape index (κ2) is 6.64. The molecule has 1 atom stereocenters. The Kier molecular flexibility index (Phi) is 5.11. The number of hydrogen-bond donors (Lipinski definition) is 1. The summed E-state index contributed by atoms with van der Waals surface area (Å²) < 4.78 is 0.146. The standard InChI is InChI=1S/C16H24N2OS/c1-16(2)12-18(10-11-20-16)15(19)14(17)9-8-13-6-4-3-5-7-13/h3-7,14H,8-12,17H2,1-2H3/t14-/m0/s1. The van der Waals surface area contributed by atoms with E-state index >= 15 is 0 Å². The second-order valence-electron chi connectivity index (χ2n) is 6.00. The van der Waals surface area contributed by atoms with E-state index < -0.39 is 0 Å². The quantitative estimate of drug-likeness (QED) is 0.926. The van der Waals surface area contributed by atoms with E-state index in [9.17, 15) is 4.79 Å². The van der Waals surface area contributed by atoms with Crippen LogP contribution in [0, 0.1) is 0 Å². The van der Waals surface area contributed by atoms with Gasteiger partial charge >= 0.3 is 0 Å². The average molecular weight is 292 g/mol. The molecular formula is C16H24N2OS. The number of amides is 1. The molecule has 0 saturated carbocycles. The van der Waals surface area contributed by atoms with Gasteiger partial charge in [0.15, 0.2) is 0 Å². The Morgan fingerprint density at radius 3 is 2.75 bits per heavy atom. The monoisotopic (exact) mass is 292 g/mol. The predicted octanol–water partition coefficient (Wildman–Crippen LogP) is 2.30. The van der Waals surface area contributed by atoms with E-state index in [0.717, 1.165) is 25.3 Å². The Hall–Kier alpha value is -1.00. The maximum absolute atomic E-state index is 12.4. The molecular weight excluding hydrogens is 268 g/mol. The van der Waals surface area contributed by atoms with Gasteiger partial charge in [-0.1, -0.05) is 30.3 Å². The highest BCUT2D eigenvalue weighted by Crippen LogP contribution is 2.29. The van der Waals surface area contributed by atoms with E-state index in [1.807, 2.05) is 34.9 Å². The largest absolute Gasteiger partial charge is 0.339 e. The lowest BCUT2D eigenvalue weighted by Gasteiger charge is -2.38. The van der Waals surface area contributed by atoms with Crippen LogP contribution in [0.4, 0.5) is 0 Å². The van der Waals surface area contributed by atoms with Gasteiger partial charge in [0.05, 0.1) is 6.04 Å². The molecule has 0 bridgehead atoms. The molecule has 110 valence electrons. The van der Waals surface area contributed by atoms with E-state index in [0.29, 0.717) is 6.42 Å². The van der Waals surface area contributed by atoms with Crippen molar-refractivity contribution < 1.29 is 4.79 Å². The van der Waals surface area contributed by atoms with E-state index in [1.54, 1.807) is 0 Å². The van der Waals surface area contributed by atoms with Gasteiger partial charge in [0, 0.05) is 23.6 Å². The molecule has 3 nitrogen and oxygen atoms in total. The minimum Gasteiger partial charge on any atom is -0.339 e. The highest BCUT2D eigenvalue weighted by atomic mass is 32.2. The van der Waals surface area contributed by atoms with Gasteiger partial charge in [-0.15, -0.1) is 0 Å². The Morgan fingerprint density at radius 1 is 1.40 bits per heavy atom. The molecule has 0 aromatic heterocycles. The van der Waals surface area contributed by atoms with Crippen molar-refractivity contribution in [1.29, 1.82) is 0 Å². The van der Waals surface area contributed by atoms with Crippen LogP contribution in [0.15, 0.2) is 30.3 Å². The number of hydrogen-bond acceptors (Lipinski definition) is 3. The second-order valence-corrected chi connectivity index (χ2v) is 7.80. The van der Waals surface area contributed by atoms with Crippen LogP contribution in [-0.2, 0) is 11.2 Å². The van der Waals surface area contributed by atoms with Crippen molar-refractivity contribution in [2.75, 3.05) is 18.8 Å². The number of nitrogens with two attached hydrogens (primary N) is 1. The lowest BCUT2D eigenvalue weighted by Crippen LogP contribution is -2.51. The molecule has 1 aliphatic rings. The van der Waals surface area contributed by atoms with Crippen LogP contribution in [0.2, 0.25) is 0 Å². The predicted molar refractivity (Wildman–Crippen MR) is 85.9 cm³/mol. The first-order valence-electron chi connectivity index (χ1n) is 7.20.